The van der Waals surface area contributed by atoms with Crippen LogP contribution in [0.3, 0.4) is 0 Å². The lowest BCUT2D eigenvalue weighted by Gasteiger charge is -2.17. The summed E-state index contributed by atoms with van der Waals surface area (Å²) in [4.78, 5) is 12.7. The fraction of sp³-hybridized carbons (Fsp3) is 0.160. The second-order valence-electron chi connectivity index (χ2n) is 7.29. The molecule has 4 aromatic rings. The van der Waals surface area contributed by atoms with Crippen molar-refractivity contribution in [1.29, 1.82) is 0 Å². The van der Waals surface area contributed by atoms with Gasteiger partial charge in [0.1, 0.15) is 0 Å². The highest BCUT2D eigenvalue weighted by Crippen LogP contribution is 2.28. The molecule has 0 aliphatic rings. The Morgan fingerprint density at radius 1 is 0.867 bits per heavy atom. The van der Waals surface area contributed by atoms with Gasteiger partial charge in [0.2, 0.25) is 11.8 Å². The zero-order valence-corrected chi connectivity index (χ0v) is 16.8. The number of amides is 1. The summed E-state index contributed by atoms with van der Waals surface area (Å²) in [5.74, 6) is 0.248. The van der Waals surface area contributed by atoms with Gasteiger partial charge < -0.3 is 4.42 Å². The molecule has 1 heterocycles. The number of nitrogens with zero attached hydrogens (tertiary/aromatic N) is 2. The predicted octanol–water partition coefficient (Wildman–Crippen LogP) is 5.13. The quantitative estimate of drug-likeness (QED) is 0.469. The molecule has 0 spiro atoms. The molecular formula is C25H23N3O2. The molecule has 1 N–H and O–H groups in total. The first-order valence-electron chi connectivity index (χ1n) is 9.95. The molecule has 0 saturated carbocycles. The van der Waals surface area contributed by atoms with E-state index in [0.29, 0.717) is 12.3 Å². The second-order valence-corrected chi connectivity index (χ2v) is 7.29. The maximum Gasteiger partial charge on any atom is 0.322 e. The Labute approximate surface area is 175 Å². The average Bonchev–Trinajstić information content (AvgIpc) is 3.21. The fourth-order valence-corrected chi connectivity index (χ4v) is 3.41. The van der Waals surface area contributed by atoms with Crippen molar-refractivity contribution in [3.05, 3.63) is 113 Å². The fourth-order valence-electron chi connectivity index (χ4n) is 3.41. The van der Waals surface area contributed by atoms with Crippen LogP contribution < -0.4 is 5.32 Å². The van der Waals surface area contributed by atoms with Crippen molar-refractivity contribution in [1.82, 2.24) is 10.2 Å². The highest BCUT2D eigenvalue weighted by molar-refractivity contribution is 5.89. The standard InChI is InChI=1S/C25H23N3O2/c1-18-12-14-19(15-13-18)16-24-27-28-25(30-24)26-23(29)17-22(20-8-4-2-5-9-20)21-10-6-3-7-11-21/h2-15,22H,16-17H2,1H3,(H,26,28,29). The molecule has 0 bridgehead atoms. The van der Waals surface area contributed by atoms with E-state index in [-0.39, 0.29) is 24.3 Å². The van der Waals surface area contributed by atoms with Crippen LogP contribution in [0.15, 0.2) is 89.3 Å². The van der Waals surface area contributed by atoms with Crippen LogP contribution in [-0.2, 0) is 11.2 Å². The SMILES string of the molecule is Cc1ccc(Cc2nnc(NC(=O)CC(c3ccccc3)c3ccccc3)o2)cc1. The van der Waals surface area contributed by atoms with Crippen LogP contribution in [0.5, 0.6) is 0 Å². The summed E-state index contributed by atoms with van der Waals surface area (Å²) < 4.78 is 5.63. The second kappa shape index (κ2) is 9.18. The Morgan fingerprint density at radius 3 is 2.07 bits per heavy atom. The smallest absolute Gasteiger partial charge is 0.322 e. The summed E-state index contributed by atoms with van der Waals surface area (Å²) in [6, 6.07) is 28.3. The minimum absolute atomic E-state index is 0.0534. The molecule has 0 aliphatic heterocycles. The molecule has 5 heteroatoms. The lowest BCUT2D eigenvalue weighted by Crippen LogP contribution is -2.16. The van der Waals surface area contributed by atoms with Gasteiger partial charge in [-0.05, 0) is 23.6 Å². The van der Waals surface area contributed by atoms with Crippen LogP contribution in [0, 0.1) is 6.92 Å². The Morgan fingerprint density at radius 2 is 1.47 bits per heavy atom. The van der Waals surface area contributed by atoms with Gasteiger partial charge in [-0.1, -0.05) is 95.6 Å². The number of hydrogen-bond acceptors (Lipinski definition) is 4. The van der Waals surface area contributed by atoms with E-state index < -0.39 is 0 Å². The summed E-state index contributed by atoms with van der Waals surface area (Å²) in [6.45, 7) is 2.04. The van der Waals surface area contributed by atoms with Gasteiger partial charge in [-0.2, -0.15) is 0 Å². The zero-order valence-electron chi connectivity index (χ0n) is 16.8. The Kier molecular flexibility index (Phi) is 5.99. The van der Waals surface area contributed by atoms with Crippen LogP contribution in [0.1, 0.15) is 40.5 Å². The maximum atomic E-state index is 12.7. The van der Waals surface area contributed by atoms with Gasteiger partial charge in [-0.25, -0.2) is 0 Å². The highest BCUT2D eigenvalue weighted by atomic mass is 16.4. The Bertz CT molecular complexity index is 1050. The van der Waals surface area contributed by atoms with Gasteiger partial charge in [0.15, 0.2) is 0 Å². The molecule has 3 aromatic carbocycles. The van der Waals surface area contributed by atoms with Crippen molar-refractivity contribution in [2.75, 3.05) is 5.32 Å². The van der Waals surface area contributed by atoms with Crippen molar-refractivity contribution < 1.29 is 9.21 Å². The molecule has 150 valence electrons. The molecule has 0 saturated heterocycles. The van der Waals surface area contributed by atoms with E-state index >= 15 is 0 Å². The average molecular weight is 397 g/mol. The molecule has 1 amide bonds. The van der Waals surface area contributed by atoms with E-state index in [4.69, 9.17) is 4.42 Å². The molecular weight excluding hydrogens is 374 g/mol. The summed E-state index contributed by atoms with van der Waals surface area (Å²) in [6.07, 6.45) is 0.809. The first kappa shape index (κ1) is 19.6. The number of anilines is 1. The monoisotopic (exact) mass is 397 g/mol. The van der Waals surface area contributed by atoms with Crippen LogP contribution in [0.25, 0.3) is 0 Å². The van der Waals surface area contributed by atoms with Crippen molar-refractivity contribution >= 4 is 11.9 Å². The van der Waals surface area contributed by atoms with E-state index in [1.807, 2.05) is 91.9 Å². The number of carbonyl (C=O) groups excluding carboxylic acids is 1. The zero-order chi connectivity index (χ0) is 20.8. The first-order valence-corrected chi connectivity index (χ1v) is 9.95. The van der Waals surface area contributed by atoms with Crippen molar-refractivity contribution in [2.24, 2.45) is 0 Å². The number of carbonyl (C=O) groups is 1. The van der Waals surface area contributed by atoms with Crippen molar-refractivity contribution in [3.8, 4) is 0 Å². The third-order valence-corrected chi connectivity index (χ3v) is 4.98. The predicted molar refractivity (Wildman–Crippen MR) is 116 cm³/mol. The molecule has 0 unspecified atom stereocenters. The molecule has 4 rings (SSSR count). The van der Waals surface area contributed by atoms with Crippen molar-refractivity contribution in [2.45, 2.75) is 25.7 Å². The third-order valence-electron chi connectivity index (χ3n) is 4.98. The number of hydrogen-bond donors (Lipinski definition) is 1. The maximum absolute atomic E-state index is 12.7. The van der Waals surface area contributed by atoms with Gasteiger partial charge in [-0.3, -0.25) is 10.1 Å². The molecule has 5 nitrogen and oxygen atoms in total. The van der Waals surface area contributed by atoms with E-state index in [1.54, 1.807) is 0 Å². The van der Waals surface area contributed by atoms with Gasteiger partial charge in [0.25, 0.3) is 0 Å². The number of benzene rings is 3. The lowest BCUT2D eigenvalue weighted by atomic mass is 9.88. The number of nitrogens with one attached hydrogen (secondary N) is 1. The largest absolute Gasteiger partial charge is 0.407 e. The lowest BCUT2D eigenvalue weighted by molar-refractivity contribution is -0.116. The Balaban J connectivity index is 1.44. The first-order chi connectivity index (χ1) is 14.7. The molecule has 1 aromatic heterocycles. The molecule has 0 fully saturated rings. The number of aryl methyl sites for hydroxylation is 1. The highest BCUT2D eigenvalue weighted by Gasteiger charge is 2.19. The van der Waals surface area contributed by atoms with Crippen LogP contribution in [-0.4, -0.2) is 16.1 Å². The van der Waals surface area contributed by atoms with E-state index in [2.05, 4.69) is 15.5 Å². The Hall–Kier alpha value is -3.73. The van der Waals surface area contributed by atoms with E-state index in [1.165, 1.54) is 5.56 Å². The van der Waals surface area contributed by atoms with Gasteiger partial charge in [0.05, 0.1) is 6.42 Å². The van der Waals surface area contributed by atoms with Crippen LogP contribution in [0.4, 0.5) is 6.01 Å². The summed E-state index contributed by atoms with van der Waals surface area (Å²) >= 11 is 0. The van der Waals surface area contributed by atoms with Crippen molar-refractivity contribution in [3.63, 3.8) is 0 Å². The molecule has 0 radical (unpaired) electrons. The van der Waals surface area contributed by atoms with Gasteiger partial charge >= 0.3 is 6.01 Å². The molecule has 0 atom stereocenters. The van der Waals surface area contributed by atoms with E-state index in [0.717, 1.165) is 16.7 Å². The summed E-state index contributed by atoms with van der Waals surface area (Å²) in [5, 5.41) is 10.8. The minimum Gasteiger partial charge on any atom is -0.407 e. The number of rotatable bonds is 7. The van der Waals surface area contributed by atoms with Crippen LogP contribution >= 0.6 is 0 Å². The topological polar surface area (TPSA) is 68.0 Å². The normalized spacial score (nSPS) is 10.9. The summed E-state index contributed by atoms with van der Waals surface area (Å²) in [7, 11) is 0. The molecule has 30 heavy (non-hydrogen) atoms. The third kappa shape index (κ3) is 5.00. The minimum atomic E-state index is -0.168. The van der Waals surface area contributed by atoms with Gasteiger partial charge in [-0.15, -0.1) is 5.10 Å². The number of aromatic nitrogens is 2. The summed E-state index contributed by atoms with van der Waals surface area (Å²) in [5.41, 5.74) is 4.45. The van der Waals surface area contributed by atoms with Gasteiger partial charge in [0, 0.05) is 12.3 Å². The molecule has 0 aliphatic carbocycles. The van der Waals surface area contributed by atoms with E-state index in [9.17, 15) is 4.79 Å². The van der Waals surface area contributed by atoms with Crippen LogP contribution in [0.2, 0.25) is 0 Å².